The first-order chi connectivity index (χ1) is 14.7. The molecule has 1 amide bonds. The number of amides is 1. The third-order valence-electron chi connectivity index (χ3n) is 4.16. The number of ether oxygens (including phenoxy) is 1. The predicted octanol–water partition coefficient (Wildman–Crippen LogP) is 4.05. The first-order valence-corrected chi connectivity index (χ1v) is 9.19. The van der Waals surface area contributed by atoms with E-state index in [4.69, 9.17) is 18.0 Å². The van der Waals surface area contributed by atoms with Crippen LogP contribution in [0.2, 0.25) is 5.02 Å². The molecule has 7 nitrogen and oxygen atoms in total. The maximum Gasteiger partial charge on any atom is 0.573 e. The van der Waals surface area contributed by atoms with Crippen LogP contribution in [0.15, 0.2) is 48.9 Å². The molecule has 2 heterocycles. The average Bonchev–Trinajstić information content (AvgIpc) is 3.20. The fourth-order valence-corrected chi connectivity index (χ4v) is 3.08. The lowest BCUT2D eigenvalue weighted by atomic mass is 10.1. The zero-order chi connectivity index (χ0) is 22.6. The van der Waals surface area contributed by atoms with Gasteiger partial charge in [-0.05, 0) is 37.3 Å². The van der Waals surface area contributed by atoms with Gasteiger partial charge in [-0.3, -0.25) is 4.79 Å². The van der Waals surface area contributed by atoms with Crippen molar-refractivity contribution >= 4 is 17.5 Å². The Labute approximate surface area is 180 Å². The van der Waals surface area contributed by atoms with Gasteiger partial charge in [-0.15, -0.1) is 19.6 Å². The van der Waals surface area contributed by atoms with Gasteiger partial charge in [-0.1, -0.05) is 23.6 Å². The van der Waals surface area contributed by atoms with Gasteiger partial charge < -0.3 is 9.64 Å². The van der Waals surface area contributed by atoms with Crippen molar-refractivity contribution in [2.24, 2.45) is 0 Å². The van der Waals surface area contributed by atoms with Crippen LogP contribution < -0.4 is 4.74 Å². The van der Waals surface area contributed by atoms with Crippen LogP contribution >= 0.6 is 11.6 Å². The number of carbonyl (C=O) groups excluding carboxylic acids is 1. The topological polar surface area (TPSA) is 73.1 Å². The van der Waals surface area contributed by atoms with Crippen LogP contribution in [0.1, 0.15) is 29.1 Å². The van der Waals surface area contributed by atoms with Gasteiger partial charge in [0.05, 0.1) is 12.6 Å². The molecule has 0 fully saturated rings. The van der Waals surface area contributed by atoms with E-state index in [0.717, 1.165) is 12.1 Å². The second kappa shape index (κ2) is 9.06. The van der Waals surface area contributed by atoms with Gasteiger partial charge in [-0.2, -0.15) is 9.78 Å². The lowest BCUT2D eigenvalue weighted by Gasteiger charge is -2.27. The van der Waals surface area contributed by atoms with Gasteiger partial charge in [0.2, 0.25) is 0 Å². The Balaban J connectivity index is 1.96. The summed E-state index contributed by atoms with van der Waals surface area (Å²) in [6, 6.07) is 7.64. The Morgan fingerprint density at radius 2 is 2.10 bits per heavy atom. The highest BCUT2D eigenvalue weighted by Crippen LogP contribution is 2.29. The summed E-state index contributed by atoms with van der Waals surface area (Å²) < 4.78 is 43.1. The minimum Gasteiger partial charge on any atom is -0.406 e. The lowest BCUT2D eigenvalue weighted by molar-refractivity contribution is -0.274. The molecule has 11 heteroatoms. The number of terminal acetylenes is 1. The van der Waals surface area contributed by atoms with E-state index in [1.807, 2.05) is 0 Å². The molecule has 3 aromatic rings. The summed E-state index contributed by atoms with van der Waals surface area (Å²) in [6.45, 7) is 1.52. The average molecular weight is 450 g/mol. The predicted molar refractivity (Wildman–Crippen MR) is 106 cm³/mol. The molecule has 0 aliphatic heterocycles. The molecule has 0 aliphatic carbocycles. The molecule has 31 heavy (non-hydrogen) atoms. The highest BCUT2D eigenvalue weighted by molar-refractivity contribution is 6.31. The first-order valence-electron chi connectivity index (χ1n) is 8.81. The molecule has 0 spiro atoms. The largest absolute Gasteiger partial charge is 0.573 e. The summed E-state index contributed by atoms with van der Waals surface area (Å²) in [5.41, 5.74) is -0.127. The smallest absolute Gasteiger partial charge is 0.406 e. The SMILES string of the molecule is C#CCN(C(=O)c1cc(Cl)cc(OC(F)(F)F)c1)C(C)c1ncnn1-c1ccccn1. The van der Waals surface area contributed by atoms with Crippen LogP contribution in [0, 0.1) is 12.3 Å². The van der Waals surface area contributed by atoms with Crippen molar-refractivity contribution in [2.75, 3.05) is 6.54 Å². The second-order valence-corrected chi connectivity index (χ2v) is 6.69. The molecule has 0 saturated heterocycles. The monoisotopic (exact) mass is 449 g/mol. The van der Waals surface area contributed by atoms with Crippen molar-refractivity contribution in [3.8, 4) is 23.9 Å². The number of hydrogen-bond donors (Lipinski definition) is 0. The van der Waals surface area contributed by atoms with Crippen LogP contribution in [0.3, 0.4) is 0 Å². The number of halogens is 4. The van der Waals surface area contributed by atoms with E-state index in [9.17, 15) is 18.0 Å². The van der Waals surface area contributed by atoms with Gasteiger partial charge in [0.1, 0.15) is 12.1 Å². The normalized spacial score (nSPS) is 12.1. The molecule has 160 valence electrons. The van der Waals surface area contributed by atoms with Crippen LogP contribution in [0.4, 0.5) is 13.2 Å². The van der Waals surface area contributed by atoms with Crippen molar-refractivity contribution in [1.29, 1.82) is 0 Å². The minimum absolute atomic E-state index is 0.102. The van der Waals surface area contributed by atoms with E-state index in [1.54, 1.807) is 31.3 Å². The molecular formula is C20H15ClF3N5O2. The van der Waals surface area contributed by atoms with Crippen LogP contribution in [-0.4, -0.2) is 43.5 Å². The van der Waals surface area contributed by atoms with E-state index in [2.05, 4.69) is 25.7 Å². The van der Waals surface area contributed by atoms with Crippen molar-refractivity contribution in [1.82, 2.24) is 24.6 Å². The lowest BCUT2D eigenvalue weighted by Crippen LogP contribution is -2.35. The summed E-state index contributed by atoms with van der Waals surface area (Å²) >= 11 is 5.90. The van der Waals surface area contributed by atoms with E-state index in [0.29, 0.717) is 11.6 Å². The Hall–Kier alpha value is -3.58. The maximum absolute atomic E-state index is 13.2. The summed E-state index contributed by atoms with van der Waals surface area (Å²) in [4.78, 5) is 22.8. The van der Waals surface area contributed by atoms with Crippen molar-refractivity contribution in [3.05, 3.63) is 65.3 Å². The number of alkyl halides is 3. The van der Waals surface area contributed by atoms with Gasteiger partial charge in [0.25, 0.3) is 5.91 Å². The molecule has 3 rings (SSSR count). The summed E-state index contributed by atoms with van der Waals surface area (Å²) in [6.07, 6.45) is 3.37. The van der Waals surface area contributed by atoms with Crippen molar-refractivity contribution in [2.45, 2.75) is 19.3 Å². The number of carbonyl (C=O) groups is 1. The van der Waals surface area contributed by atoms with Crippen LogP contribution in [0.5, 0.6) is 5.75 Å². The zero-order valence-electron chi connectivity index (χ0n) is 16.0. The van der Waals surface area contributed by atoms with Crippen molar-refractivity contribution in [3.63, 3.8) is 0 Å². The maximum atomic E-state index is 13.2. The van der Waals surface area contributed by atoms with E-state index in [1.165, 1.54) is 22.0 Å². The Bertz CT molecular complexity index is 1110. The number of rotatable bonds is 6. The molecule has 0 aliphatic rings. The van der Waals surface area contributed by atoms with E-state index < -0.39 is 24.1 Å². The quantitative estimate of drug-likeness (QED) is 0.531. The number of benzene rings is 1. The minimum atomic E-state index is -4.93. The molecule has 1 atom stereocenters. The Morgan fingerprint density at radius 3 is 2.74 bits per heavy atom. The zero-order valence-corrected chi connectivity index (χ0v) is 16.8. The van der Waals surface area contributed by atoms with Gasteiger partial charge in [0.15, 0.2) is 11.6 Å². The van der Waals surface area contributed by atoms with Crippen LogP contribution in [0.25, 0.3) is 5.82 Å². The fourth-order valence-electron chi connectivity index (χ4n) is 2.86. The molecule has 1 unspecified atom stereocenters. The van der Waals surface area contributed by atoms with E-state index >= 15 is 0 Å². The van der Waals surface area contributed by atoms with Gasteiger partial charge in [-0.25, -0.2) is 9.97 Å². The van der Waals surface area contributed by atoms with Crippen molar-refractivity contribution < 1.29 is 22.7 Å². The molecule has 0 N–H and O–H groups in total. The Kier molecular flexibility index (Phi) is 6.46. The summed E-state index contributed by atoms with van der Waals surface area (Å²) in [7, 11) is 0. The molecular weight excluding hydrogens is 435 g/mol. The third kappa shape index (κ3) is 5.32. The molecule has 2 aromatic heterocycles. The molecule has 1 aromatic carbocycles. The highest BCUT2D eigenvalue weighted by Gasteiger charge is 2.32. The standard InChI is InChI=1S/C20H15ClF3N5O2/c1-3-8-28(13(2)18-26-12-27-29(18)17-6-4-5-7-25-17)19(30)14-9-15(21)11-16(10-14)31-20(22,23)24/h1,4-7,9-13H,8H2,2H3. The van der Waals surface area contributed by atoms with E-state index in [-0.39, 0.29) is 17.1 Å². The molecule has 0 radical (unpaired) electrons. The summed E-state index contributed by atoms with van der Waals surface area (Å²) in [5, 5.41) is 4.04. The van der Waals surface area contributed by atoms with Crippen LogP contribution in [-0.2, 0) is 0 Å². The summed E-state index contributed by atoms with van der Waals surface area (Å²) in [5.74, 6) is 1.93. The number of hydrogen-bond acceptors (Lipinski definition) is 5. The fraction of sp³-hybridized carbons (Fsp3) is 0.200. The van der Waals surface area contributed by atoms with Gasteiger partial charge >= 0.3 is 6.36 Å². The molecule has 0 saturated carbocycles. The Morgan fingerprint density at radius 1 is 1.32 bits per heavy atom. The molecule has 0 bridgehead atoms. The number of aromatic nitrogens is 4. The van der Waals surface area contributed by atoms with Gasteiger partial charge in [0, 0.05) is 16.8 Å². The highest BCUT2D eigenvalue weighted by atomic mass is 35.5. The number of pyridine rings is 1. The first kappa shape index (κ1) is 22.1. The second-order valence-electron chi connectivity index (χ2n) is 6.25. The number of nitrogens with zero attached hydrogens (tertiary/aromatic N) is 5. The third-order valence-corrected chi connectivity index (χ3v) is 4.37.